The molecule has 1 aliphatic rings. The molecule has 0 aromatic heterocycles. The lowest BCUT2D eigenvalue weighted by atomic mass is 10.0. The lowest BCUT2D eigenvalue weighted by Crippen LogP contribution is -2.14. The third-order valence-corrected chi connectivity index (χ3v) is 3.31. The van der Waals surface area contributed by atoms with Crippen LogP contribution in [0, 0.1) is 0 Å². The Bertz CT molecular complexity index is 596. The van der Waals surface area contributed by atoms with Gasteiger partial charge in [0, 0.05) is 12.8 Å². The van der Waals surface area contributed by atoms with Gasteiger partial charge in [-0.15, -0.1) is 0 Å². The summed E-state index contributed by atoms with van der Waals surface area (Å²) in [7, 11) is 0. The second-order valence-corrected chi connectivity index (χ2v) is 4.77. The van der Waals surface area contributed by atoms with Crippen molar-refractivity contribution in [2.24, 2.45) is 0 Å². The van der Waals surface area contributed by atoms with Crippen molar-refractivity contribution >= 4 is 11.8 Å². The van der Waals surface area contributed by atoms with Crippen molar-refractivity contribution in [3.05, 3.63) is 58.9 Å². The van der Waals surface area contributed by atoms with Crippen molar-refractivity contribution in [2.45, 2.75) is 26.2 Å². The van der Waals surface area contributed by atoms with Crippen LogP contribution in [-0.4, -0.2) is 23.5 Å². The number of rotatable bonds is 5. The molecule has 4 heteroatoms. The minimum Gasteiger partial charge on any atom is -0.512 e. The van der Waals surface area contributed by atoms with Crippen molar-refractivity contribution in [3.63, 3.8) is 0 Å². The number of hydrogen-bond acceptors (Lipinski definition) is 4. The average Bonchev–Trinajstić information content (AvgIpc) is 2.81. The molecular formula is C17H18O4. The summed E-state index contributed by atoms with van der Waals surface area (Å²) in [5, 5.41) is 9.85. The summed E-state index contributed by atoms with van der Waals surface area (Å²) in [6.45, 7) is 1.93. The summed E-state index contributed by atoms with van der Waals surface area (Å²) in [4.78, 5) is 23.9. The van der Waals surface area contributed by atoms with E-state index in [2.05, 4.69) is 0 Å². The van der Waals surface area contributed by atoms with Crippen LogP contribution in [0.15, 0.2) is 53.3 Å². The Morgan fingerprint density at radius 3 is 2.57 bits per heavy atom. The molecule has 0 radical (unpaired) electrons. The van der Waals surface area contributed by atoms with Crippen molar-refractivity contribution in [3.8, 4) is 0 Å². The summed E-state index contributed by atoms with van der Waals surface area (Å²) in [5.74, 6) is -0.794. The van der Waals surface area contributed by atoms with E-state index in [1.807, 2.05) is 30.3 Å². The Labute approximate surface area is 123 Å². The molecule has 1 aliphatic carbocycles. The maximum Gasteiger partial charge on any atom is 0.338 e. The number of aliphatic hydroxyl groups excluding tert-OH is 1. The molecule has 110 valence electrons. The highest BCUT2D eigenvalue weighted by molar-refractivity contribution is 6.11. The van der Waals surface area contributed by atoms with Crippen LogP contribution in [0.2, 0.25) is 0 Å². The van der Waals surface area contributed by atoms with Crippen molar-refractivity contribution in [2.75, 3.05) is 6.61 Å². The van der Waals surface area contributed by atoms with E-state index < -0.39 is 5.97 Å². The van der Waals surface area contributed by atoms with Gasteiger partial charge in [0.15, 0.2) is 5.78 Å². The zero-order chi connectivity index (χ0) is 15.2. The summed E-state index contributed by atoms with van der Waals surface area (Å²) >= 11 is 0. The molecule has 0 amide bonds. The van der Waals surface area contributed by atoms with Gasteiger partial charge in [-0.2, -0.15) is 0 Å². The van der Waals surface area contributed by atoms with Gasteiger partial charge in [-0.3, -0.25) is 4.79 Å². The average molecular weight is 286 g/mol. The van der Waals surface area contributed by atoms with E-state index in [4.69, 9.17) is 4.74 Å². The van der Waals surface area contributed by atoms with Crippen LogP contribution in [-0.2, 0) is 20.7 Å². The predicted octanol–water partition coefficient (Wildman–Crippen LogP) is 2.89. The summed E-state index contributed by atoms with van der Waals surface area (Å²) < 4.78 is 5.00. The Balaban J connectivity index is 2.30. The number of aliphatic hydroxyl groups is 1. The molecule has 0 saturated heterocycles. The van der Waals surface area contributed by atoms with Crippen LogP contribution < -0.4 is 0 Å². The molecule has 1 aromatic carbocycles. The quantitative estimate of drug-likeness (QED) is 0.667. The molecule has 1 aromatic rings. The van der Waals surface area contributed by atoms with Crippen LogP contribution in [0.1, 0.15) is 25.3 Å². The Hall–Kier alpha value is -2.36. The first-order valence-electron chi connectivity index (χ1n) is 7.00. The number of ether oxygens (including phenoxy) is 1. The zero-order valence-corrected chi connectivity index (χ0v) is 12.0. The van der Waals surface area contributed by atoms with E-state index >= 15 is 0 Å². The summed E-state index contributed by atoms with van der Waals surface area (Å²) in [6.07, 6.45) is 2.68. The summed E-state index contributed by atoms with van der Waals surface area (Å²) in [6, 6.07) is 9.59. The highest BCUT2D eigenvalue weighted by atomic mass is 16.5. The van der Waals surface area contributed by atoms with Crippen LogP contribution in [0.5, 0.6) is 0 Å². The Kier molecular flexibility index (Phi) is 4.93. The Morgan fingerprint density at radius 2 is 2.00 bits per heavy atom. The van der Waals surface area contributed by atoms with E-state index in [1.54, 1.807) is 13.0 Å². The topological polar surface area (TPSA) is 63.6 Å². The lowest BCUT2D eigenvalue weighted by Gasteiger charge is -2.08. The van der Waals surface area contributed by atoms with Gasteiger partial charge >= 0.3 is 5.97 Å². The van der Waals surface area contributed by atoms with Gasteiger partial charge in [0.25, 0.3) is 0 Å². The second kappa shape index (κ2) is 6.88. The summed E-state index contributed by atoms with van der Waals surface area (Å²) in [5.41, 5.74) is 1.30. The highest BCUT2D eigenvalue weighted by Crippen LogP contribution is 2.28. The van der Waals surface area contributed by atoms with Gasteiger partial charge < -0.3 is 9.84 Å². The minimum atomic E-state index is -0.565. The van der Waals surface area contributed by atoms with E-state index in [0.29, 0.717) is 6.42 Å². The third-order valence-electron chi connectivity index (χ3n) is 3.31. The first kappa shape index (κ1) is 15.0. The molecular weight excluding hydrogens is 268 g/mol. The molecule has 0 atom stereocenters. The third kappa shape index (κ3) is 3.60. The van der Waals surface area contributed by atoms with E-state index in [9.17, 15) is 14.7 Å². The van der Waals surface area contributed by atoms with E-state index in [0.717, 1.165) is 5.56 Å². The van der Waals surface area contributed by atoms with Crippen molar-refractivity contribution in [1.29, 1.82) is 0 Å². The zero-order valence-electron chi connectivity index (χ0n) is 12.0. The minimum absolute atomic E-state index is 0.0210. The highest BCUT2D eigenvalue weighted by Gasteiger charge is 2.29. The van der Waals surface area contributed by atoms with Crippen molar-refractivity contribution in [1.82, 2.24) is 0 Å². The first-order valence-corrected chi connectivity index (χ1v) is 7.00. The fourth-order valence-electron chi connectivity index (χ4n) is 2.28. The fourth-order valence-corrected chi connectivity index (χ4v) is 2.28. The molecule has 0 spiro atoms. The van der Waals surface area contributed by atoms with Crippen LogP contribution in [0.4, 0.5) is 0 Å². The normalized spacial score (nSPS) is 15.5. The van der Waals surface area contributed by atoms with Crippen LogP contribution in [0.3, 0.4) is 0 Å². The molecule has 4 nitrogen and oxygen atoms in total. The molecule has 21 heavy (non-hydrogen) atoms. The Morgan fingerprint density at radius 1 is 1.29 bits per heavy atom. The van der Waals surface area contributed by atoms with E-state index in [1.165, 1.54) is 0 Å². The van der Waals surface area contributed by atoms with Crippen LogP contribution >= 0.6 is 0 Å². The van der Waals surface area contributed by atoms with Crippen molar-refractivity contribution < 1.29 is 19.4 Å². The number of hydrogen-bond donors (Lipinski definition) is 1. The first-order chi connectivity index (χ1) is 10.1. The van der Waals surface area contributed by atoms with Gasteiger partial charge in [0.05, 0.1) is 17.8 Å². The molecule has 0 fully saturated rings. The van der Waals surface area contributed by atoms with Gasteiger partial charge in [0.2, 0.25) is 0 Å². The fraction of sp³-hybridized carbons (Fsp3) is 0.294. The molecule has 0 saturated carbocycles. The van der Waals surface area contributed by atoms with E-state index in [-0.39, 0.29) is 42.1 Å². The number of carbonyl (C=O) groups excluding carboxylic acids is 2. The number of Topliss-reactive ketones (excluding diaryl/α,β-unsaturated/α-hetero) is 1. The smallest absolute Gasteiger partial charge is 0.338 e. The lowest BCUT2D eigenvalue weighted by molar-refractivity contribution is -0.138. The van der Waals surface area contributed by atoms with Gasteiger partial charge in [-0.25, -0.2) is 4.79 Å². The van der Waals surface area contributed by atoms with Gasteiger partial charge in [0.1, 0.15) is 5.76 Å². The number of esters is 1. The second-order valence-electron chi connectivity index (χ2n) is 4.77. The number of carbonyl (C=O) groups is 2. The van der Waals surface area contributed by atoms with Gasteiger partial charge in [-0.1, -0.05) is 36.4 Å². The monoisotopic (exact) mass is 286 g/mol. The number of allylic oxidation sites excluding steroid dienone is 2. The number of ketones is 1. The van der Waals surface area contributed by atoms with Crippen LogP contribution in [0.25, 0.3) is 0 Å². The van der Waals surface area contributed by atoms with Gasteiger partial charge in [-0.05, 0) is 18.9 Å². The molecule has 0 aliphatic heterocycles. The molecule has 0 heterocycles. The molecule has 2 rings (SSSR count). The maximum atomic E-state index is 12.1. The SMILES string of the molecule is CCOC(=O)/C(=C\Cc1ccccc1)C1=C(O)CCC1=O. The largest absolute Gasteiger partial charge is 0.512 e. The molecule has 0 bridgehead atoms. The molecule has 1 N–H and O–H groups in total. The molecule has 0 unspecified atom stereocenters. The number of benzene rings is 1. The maximum absolute atomic E-state index is 12.1. The standard InChI is InChI=1S/C17H18O4/c1-2-21-17(20)13(16-14(18)10-11-15(16)19)9-8-12-6-4-3-5-7-12/h3-7,9,18H,2,8,10-11H2,1H3/b13-9-. The predicted molar refractivity (Wildman–Crippen MR) is 78.8 cm³/mol.